The van der Waals surface area contributed by atoms with Crippen molar-refractivity contribution in [2.45, 2.75) is 51.3 Å². The number of ether oxygens (including phenoxy) is 1. The first kappa shape index (κ1) is 20.9. The number of carbonyl (C=O) groups is 1. The highest BCUT2D eigenvalue weighted by molar-refractivity contribution is 7.89. The molecule has 7 heteroatoms. The summed E-state index contributed by atoms with van der Waals surface area (Å²) in [7, 11) is -3.56. The van der Waals surface area contributed by atoms with Gasteiger partial charge < -0.3 is 10.1 Å². The molecule has 6 nitrogen and oxygen atoms in total. The smallest absolute Gasteiger partial charge is 0.251 e. The van der Waals surface area contributed by atoms with Crippen LogP contribution in [0.1, 0.15) is 43.6 Å². The molecule has 146 valence electrons. The van der Waals surface area contributed by atoms with Gasteiger partial charge in [0, 0.05) is 18.2 Å². The van der Waals surface area contributed by atoms with E-state index >= 15 is 0 Å². The number of amides is 1. The van der Waals surface area contributed by atoms with Crippen molar-refractivity contribution in [3.63, 3.8) is 0 Å². The van der Waals surface area contributed by atoms with Crippen LogP contribution in [0.25, 0.3) is 0 Å². The largest absolute Gasteiger partial charge is 0.491 e. The molecule has 0 saturated carbocycles. The van der Waals surface area contributed by atoms with Crippen molar-refractivity contribution in [2.24, 2.45) is 0 Å². The highest BCUT2D eigenvalue weighted by Gasteiger charge is 2.15. The third-order valence-corrected chi connectivity index (χ3v) is 5.20. The summed E-state index contributed by atoms with van der Waals surface area (Å²) in [6.45, 7) is 7.63. The normalized spacial score (nSPS) is 11.6. The fourth-order valence-corrected chi connectivity index (χ4v) is 3.76. The molecule has 0 fully saturated rings. The summed E-state index contributed by atoms with van der Waals surface area (Å²) < 4.78 is 32.6. The lowest BCUT2D eigenvalue weighted by atomic mass is 10.2. The predicted octanol–water partition coefficient (Wildman–Crippen LogP) is 3.09. The number of carbonyl (C=O) groups excluding carboxylic acids is 1. The molecule has 0 aromatic heterocycles. The molecular formula is C20H26N2O4S. The lowest BCUT2D eigenvalue weighted by Gasteiger charge is -2.12. The third-order valence-electron chi connectivity index (χ3n) is 3.54. The van der Waals surface area contributed by atoms with Gasteiger partial charge in [-0.25, -0.2) is 13.1 Å². The second kappa shape index (κ2) is 9.01. The van der Waals surface area contributed by atoms with Gasteiger partial charge in [-0.3, -0.25) is 4.79 Å². The van der Waals surface area contributed by atoms with Crippen molar-refractivity contribution < 1.29 is 17.9 Å². The molecule has 2 aromatic rings. The number of benzene rings is 2. The van der Waals surface area contributed by atoms with E-state index in [4.69, 9.17) is 4.74 Å². The summed E-state index contributed by atoms with van der Waals surface area (Å²) in [5.41, 5.74) is 1.21. The molecule has 27 heavy (non-hydrogen) atoms. The van der Waals surface area contributed by atoms with Gasteiger partial charge in [-0.15, -0.1) is 0 Å². The highest BCUT2D eigenvalue weighted by Crippen LogP contribution is 2.15. The Morgan fingerprint density at radius 3 is 2.30 bits per heavy atom. The number of sulfonamides is 1. The van der Waals surface area contributed by atoms with Crippen LogP contribution in [0.3, 0.4) is 0 Å². The van der Waals surface area contributed by atoms with Gasteiger partial charge in [0.05, 0.1) is 11.0 Å². The lowest BCUT2D eigenvalue weighted by molar-refractivity contribution is 0.0951. The molecule has 0 spiro atoms. The molecule has 2 aromatic carbocycles. The minimum Gasteiger partial charge on any atom is -0.491 e. The summed E-state index contributed by atoms with van der Waals surface area (Å²) in [5, 5.41) is 2.80. The molecule has 0 unspecified atom stereocenters. The van der Waals surface area contributed by atoms with E-state index in [1.807, 2.05) is 13.8 Å². The van der Waals surface area contributed by atoms with Gasteiger partial charge in [0.2, 0.25) is 10.0 Å². The maximum Gasteiger partial charge on any atom is 0.251 e. The van der Waals surface area contributed by atoms with E-state index < -0.39 is 10.0 Å². The Kier molecular flexibility index (Phi) is 6.98. The van der Waals surface area contributed by atoms with Crippen molar-refractivity contribution >= 4 is 15.9 Å². The zero-order valence-corrected chi connectivity index (χ0v) is 16.8. The van der Waals surface area contributed by atoms with Crippen molar-refractivity contribution in [1.29, 1.82) is 0 Å². The molecule has 0 saturated heterocycles. The Morgan fingerprint density at radius 2 is 1.70 bits per heavy atom. The zero-order chi connectivity index (χ0) is 20.0. The lowest BCUT2D eigenvalue weighted by Crippen LogP contribution is -2.30. The first-order valence-electron chi connectivity index (χ1n) is 8.83. The Hall–Kier alpha value is -2.38. The van der Waals surface area contributed by atoms with Gasteiger partial charge in [0.15, 0.2) is 0 Å². The van der Waals surface area contributed by atoms with Crippen molar-refractivity contribution in [3.8, 4) is 5.75 Å². The van der Waals surface area contributed by atoms with Crippen molar-refractivity contribution in [1.82, 2.24) is 10.0 Å². The number of hydrogen-bond donors (Lipinski definition) is 2. The van der Waals surface area contributed by atoms with E-state index in [1.165, 1.54) is 6.07 Å². The minimum absolute atomic E-state index is 0.0680. The quantitative estimate of drug-likeness (QED) is 0.725. The van der Waals surface area contributed by atoms with Crippen molar-refractivity contribution in [3.05, 3.63) is 59.7 Å². The molecule has 0 atom stereocenters. The van der Waals surface area contributed by atoms with Crippen LogP contribution >= 0.6 is 0 Å². The second-order valence-corrected chi connectivity index (χ2v) is 8.51. The summed E-state index contributed by atoms with van der Waals surface area (Å²) in [4.78, 5) is 12.5. The summed E-state index contributed by atoms with van der Waals surface area (Å²) in [5.74, 6) is 0.469. The van der Waals surface area contributed by atoms with E-state index in [1.54, 1.807) is 56.3 Å². The molecule has 0 bridgehead atoms. The van der Waals surface area contributed by atoms with Crippen LogP contribution in [0.2, 0.25) is 0 Å². The molecule has 0 aliphatic rings. The van der Waals surface area contributed by atoms with Crippen molar-refractivity contribution in [2.75, 3.05) is 0 Å². The van der Waals surface area contributed by atoms with E-state index in [0.29, 0.717) is 16.9 Å². The van der Waals surface area contributed by atoms with Crippen LogP contribution in [0, 0.1) is 0 Å². The summed E-state index contributed by atoms with van der Waals surface area (Å²) in [6.07, 6.45) is 0.0680. The number of rotatable bonds is 8. The van der Waals surface area contributed by atoms with Crippen LogP contribution < -0.4 is 14.8 Å². The SMILES string of the molecule is CC(C)NS(=O)(=O)c1cccc(CNC(=O)c2ccc(OC(C)C)cc2)c1. The molecular weight excluding hydrogens is 364 g/mol. The van der Waals surface area contributed by atoms with Gasteiger partial charge in [0.1, 0.15) is 5.75 Å². The van der Waals surface area contributed by atoms with Gasteiger partial charge >= 0.3 is 0 Å². The molecule has 0 aliphatic heterocycles. The Morgan fingerprint density at radius 1 is 1.04 bits per heavy atom. The van der Waals surface area contributed by atoms with Crippen LogP contribution in [0.5, 0.6) is 5.75 Å². The fraction of sp³-hybridized carbons (Fsp3) is 0.350. The second-order valence-electron chi connectivity index (χ2n) is 6.80. The van der Waals surface area contributed by atoms with E-state index in [0.717, 1.165) is 0 Å². The molecule has 1 amide bonds. The topological polar surface area (TPSA) is 84.5 Å². The third kappa shape index (κ3) is 6.37. The predicted molar refractivity (Wildman–Crippen MR) is 105 cm³/mol. The molecule has 0 aliphatic carbocycles. The van der Waals surface area contributed by atoms with Crippen LogP contribution in [-0.4, -0.2) is 26.5 Å². The number of nitrogens with one attached hydrogen (secondary N) is 2. The zero-order valence-electron chi connectivity index (χ0n) is 16.0. The molecule has 2 N–H and O–H groups in total. The van der Waals surface area contributed by atoms with E-state index in [9.17, 15) is 13.2 Å². The maximum atomic E-state index is 12.3. The molecule has 2 rings (SSSR count). The fourth-order valence-electron chi connectivity index (χ4n) is 2.44. The van der Waals surface area contributed by atoms with E-state index in [-0.39, 0.29) is 29.5 Å². The van der Waals surface area contributed by atoms with Crippen LogP contribution in [-0.2, 0) is 16.6 Å². The average molecular weight is 391 g/mol. The van der Waals surface area contributed by atoms with Gasteiger partial charge in [-0.2, -0.15) is 0 Å². The Labute approximate surface area is 161 Å². The van der Waals surface area contributed by atoms with Crippen LogP contribution in [0.4, 0.5) is 0 Å². The monoisotopic (exact) mass is 390 g/mol. The van der Waals surface area contributed by atoms with Gasteiger partial charge in [-0.05, 0) is 69.7 Å². The van der Waals surface area contributed by atoms with Gasteiger partial charge in [-0.1, -0.05) is 12.1 Å². The molecule has 0 heterocycles. The summed E-state index contributed by atoms with van der Waals surface area (Å²) in [6, 6.07) is 13.2. The molecule has 0 radical (unpaired) electrons. The highest BCUT2D eigenvalue weighted by atomic mass is 32.2. The van der Waals surface area contributed by atoms with E-state index in [2.05, 4.69) is 10.0 Å². The maximum absolute atomic E-state index is 12.3. The minimum atomic E-state index is -3.56. The Bertz CT molecular complexity index is 875. The first-order valence-corrected chi connectivity index (χ1v) is 10.3. The average Bonchev–Trinajstić information content (AvgIpc) is 2.59. The summed E-state index contributed by atoms with van der Waals surface area (Å²) >= 11 is 0. The Balaban J connectivity index is 2.02. The standard InChI is InChI=1S/C20H26N2O4S/c1-14(2)22-27(24,25)19-7-5-6-16(12-19)13-21-20(23)17-8-10-18(11-9-17)26-15(3)4/h5-12,14-15,22H,13H2,1-4H3,(H,21,23). The first-order chi connectivity index (χ1) is 12.7. The van der Waals surface area contributed by atoms with Crippen LogP contribution in [0.15, 0.2) is 53.4 Å². The van der Waals surface area contributed by atoms with Gasteiger partial charge in [0.25, 0.3) is 5.91 Å². The number of hydrogen-bond acceptors (Lipinski definition) is 4.